The molecular weight excluding hydrogens is 485 g/mol. The highest BCUT2D eigenvalue weighted by atomic mass is 127. The first-order chi connectivity index (χ1) is 11.5. The van der Waals surface area contributed by atoms with Gasteiger partial charge in [-0.3, -0.25) is 4.79 Å². The molecule has 0 fully saturated rings. The van der Waals surface area contributed by atoms with Crippen molar-refractivity contribution >= 4 is 44.4 Å². The maximum Gasteiger partial charge on any atom is 0.224 e. The van der Waals surface area contributed by atoms with Crippen LogP contribution in [0.4, 0.5) is 0 Å². The molecule has 0 spiro atoms. The van der Waals surface area contributed by atoms with E-state index >= 15 is 0 Å². The third-order valence-electron chi connectivity index (χ3n) is 3.58. The van der Waals surface area contributed by atoms with Crippen molar-refractivity contribution in [3.05, 3.63) is 55.6 Å². The van der Waals surface area contributed by atoms with Gasteiger partial charge in [0.15, 0.2) is 11.5 Å². The van der Waals surface area contributed by atoms with Crippen LogP contribution in [-0.2, 0) is 17.6 Å². The number of methoxy groups -OCH3 is 2. The van der Waals surface area contributed by atoms with E-state index in [4.69, 9.17) is 9.47 Å². The quantitative estimate of drug-likeness (QED) is 0.581. The van der Waals surface area contributed by atoms with E-state index in [0.717, 1.165) is 19.2 Å². The van der Waals surface area contributed by atoms with Gasteiger partial charge in [0.05, 0.1) is 20.6 Å². The highest BCUT2D eigenvalue weighted by Gasteiger charge is 2.10. The molecule has 0 heterocycles. The number of carbonyl (C=O) groups excluding carboxylic acids is 1. The first kappa shape index (κ1) is 19.1. The fraction of sp³-hybridized carbons (Fsp3) is 0.278. The zero-order valence-electron chi connectivity index (χ0n) is 13.6. The lowest BCUT2D eigenvalue weighted by Crippen LogP contribution is -2.27. The normalized spacial score (nSPS) is 10.3. The summed E-state index contributed by atoms with van der Waals surface area (Å²) in [5.74, 6) is 1.38. The zero-order chi connectivity index (χ0) is 17.5. The van der Waals surface area contributed by atoms with E-state index in [0.29, 0.717) is 30.9 Å². The van der Waals surface area contributed by atoms with Crippen LogP contribution >= 0.6 is 38.5 Å². The number of hydrogen-bond acceptors (Lipinski definition) is 3. The first-order valence-electron chi connectivity index (χ1n) is 7.45. The number of carbonyl (C=O) groups is 1. The molecule has 1 amide bonds. The molecule has 0 atom stereocenters. The molecule has 0 aromatic heterocycles. The average molecular weight is 504 g/mol. The number of halogens is 2. The Balaban J connectivity index is 1.92. The molecule has 0 saturated carbocycles. The fourth-order valence-corrected chi connectivity index (χ4v) is 3.40. The second-order valence-electron chi connectivity index (χ2n) is 5.17. The first-order valence-corrected chi connectivity index (χ1v) is 9.32. The minimum Gasteiger partial charge on any atom is -0.493 e. The van der Waals surface area contributed by atoms with Gasteiger partial charge < -0.3 is 14.8 Å². The Kier molecular flexibility index (Phi) is 7.36. The monoisotopic (exact) mass is 503 g/mol. The molecule has 2 aromatic carbocycles. The minimum absolute atomic E-state index is 0.0238. The van der Waals surface area contributed by atoms with Crippen molar-refractivity contribution in [3.8, 4) is 11.5 Å². The van der Waals surface area contributed by atoms with Gasteiger partial charge in [0.2, 0.25) is 5.91 Å². The van der Waals surface area contributed by atoms with E-state index in [-0.39, 0.29) is 5.91 Å². The Morgan fingerprint density at radius 2 is 1.79 bits per heavy atom. The smallest absolute Gasteiger partial charge is 0.224 e. The second-order valence-corrected chi connectivity index (χ2v) is 7.18. The molecule has 0 saturated heterocycles. The van der Waals surface area contributed by atoms with Crippen LogP contribution in [0.2, 0.25) is 0 Å². The molecule has 24 heavy (non-hydrogen) atoms. The van der Waals surface area contributed by atoms with Gasteiger partial charge in [-0.25, -0.2) is 0 Å². The molecule has 6 heteroatoms. The van der Waals surface area contributed by atoms with Crippen LogP contribution in [0.5, 0.6) is 11.5 Å². The largest absolute Gasteiger partial charge is 0.493 e. The summed E-state index contributed by atoms with van der Waals surface area (Å²) in [6.45, 7) is 0.566. The van der Waals surface area contributed by atoms with Crippen molar-refractivity contribution in [2.75, 3.05) is 20.8 Å². The summed E-state index contributed by atoms with van der Waals surface area (Å²) in [7, 11) is 3.22. The summed E-state index contributed by atoms with van der Waals surface area (Å²) in [6, 6.07) is 11.7. The SMILES string of the molecule is COc1cc(Br)c(CCNC(=O)Cc2ccccc2I)cc1OC. The van der Waals surface area contributed by atoms with E-state index in [1.54, 1.807) is 14.2 Å². The summed E-state index contributed by atoms with van der Waals surface area (Å²) in [5.41, 5.74) is 2.10. The molecule has 0 aliphatic carbocycles. The van der Waals surface area contributed by atoms with Gasteiger partial charge in [-0.2, -0.15) is 0 Å². The van der Waals surface area contributed by atoms with Crippen LogP contribution in [0.15, 0.2) is 40.9 Å². The van der Waals surface area contributed by atoms with Gasteiger partial charge in [0.25, 0.3) is 0 Å². The number of benzene rings is 2. The molecule has 4 nitrogen and oxygen atoms in total. The second kappa shape index (κ2) is 9.27. The van der Waals surface area contributed by atoms with Crippen LogP contribution in [0.25, 0.3) is 0 Å². The van der Waals surface area contributed by atoms with E-state index in [1.165, 1.54) is 0 Å². The van der Waals surface area contributed by atoms with Crippen LogP contribution in [0.1, 0.15) is 11.1 Å². The van der Waals surface area contributed by atoms with Crippen LogP contribution in [0, 0.1) is 3.57 Å². The highest BCUT2D eigenvalue weighted by molar-refractivity contribution is 14.1. The molecule has 0 aliphatic heterocycles. The summed E-state index contributed by atoms with van der Waals surface area (Å²) in [6.07, 6.45) is 1.10. The predicted octanol–water partition coefficient (Wildman–Crippen LogP) is 3.97. The van der Waals surface area contributed by atoms with Gasteiger partial charge in [-0.05, 0) is 58.3 Å². The third-order valence-corrected chi connectivity index (χ3v) is 5.37. The molecule has 0 bridgehead atoms. The zero-order valence-corrected chi connectivity index (χ0v) is 17.3. The average Bonchev–Trinajstić information content (AvgIpc) is 2.58. The van der Waals surface area contributed by atoms with Gasteiger partial charge >= 0.3 is 0 Å². The molecule has 0 unspecified atom stereocenters. The van der Waals surface area contributed by atoms with Crippen molar-refractivity contribution in [1.29, 1.82) is 0 Å². The van der Waals surface area contributed by atoms with E-state index in [1.807, 2.05) is 36.4 Å². The Bertz CT molecular complexity index is 721. The molecule has 2 rings (SSSR count). The predicted molar refractivity (Wildman–Crippen MR) is 107 cm³/mol. The van der Waals surface area contributed by atoms with Gasteiger partial charge in [-0.1, -0.05) is 34.1 Å². The van der Waals surface area contributed by atoms with E-state index in [9.17, 15) is 4.79 Å². The Morgan fingerprint density at radius 1 is 1.12 bits per heavy atom. The lowest BCUT2D eigenvalue weighted by molar-refractivity contribution is -0.120. The van der Waals surface area contributed by atoms with Crippen molar-refractivity contribution < 1.29 is 14.3 Å². The van der Waals surface area contributed by atoms with Crippen LogP contribution in [0.3, 0.4) is 0 Å². The topological polar surface area (TPSA) is 47.6 Å². The van der Waals surface area contributed by atoms with Gasteiger partial charge in [-0.15, -0.1) is 0 Å². The minimum atomic E-state index is 0.0238. The van der Waals surface area contributed by atoms with Crippen molar-refractivity contribution in [2.24, 2.45) is 0 Å². The highest BCUT2D eigenvalue weighted by Crippen LogP contribution is 2.33. The van der Waals surface area contributed by atoms with Crippen molar-refractivity contribution in [3.63, 3.8) is 0 Å². The van der Waals surface area contributed by atoms with Gasteiger partial charge in [0.1, 0.15) is 0 Å². The molecule has 1 N–H and O–H groups in total. The number of ether oxygens (including phenoxy) is 2. The van der Waals surface area contributed by atoms with Gasteiger partial charge in [0, 0.05) is 14.6 Å². The Morgan fingerprint density at radius 3 is 2.46 bits per heavy atom. The number of amides is 1. The molecule has 0 aliphatic rings. The lowest BCUT2D eigenvalue weighted by Gasteiger charge is -2.12. The van der Waals surface area contributed by atoms with Crippen molar-refractivity contribution in [1.82, 2.24) is 5.32 Å². The fourth-order valence-electron chi connectivity index (χ4n) is 2.30. The number of hydrogen-bond donors (Lipinski definition) is 1. The summed E-state index contributed by atoms with van der Waals surface area (Å²) in [5, 5.41) is 2.96. The van der Waals surface area contributed by atoms with E-state index < -0.39 is 0 Å². The summed E-state index contributed by atoms with van der Waals surface area (Å²) < 4.78 is 12.6. The maximum absolute atomic E-state index is 12.1. The van der Waals surface area contributed by atoms with Crippen molar-refractivity contribution in [2.45, 2.75) is 12.8 Å². The summed E-state index contributed by atoms with van der Waals surface area (Å²) in [4.78, 5) is 12.1. The molecule has 0 radical (unpaired) electrons. The standard InChI is InChI=1S/C18H19BrINO3/c1-23-16-9-12(14(19)11-17(16)24-2)7-8-21-18(22)10-13-5-3-4-6-15(13)20/h3-6,9,11H,7-8,10H2,1-2H3,(H,21,22). The Hall–Kier alpha value is -1.28. The lowest BCUT2D eigenvalue weighted by atomic mass is 10.1. The number of nitrogens with one attached hydrogen (secondary N) is 1. The van der Waals surface area contributed by atoms with Crippen LogP contribution < -0.4 is 14.8 Å². The molecule has 128 valence electrons. The summed E-state index contributed by atoms with van der Waals surface area (Å²) >= 11 is 5.78. The number of rotatable bonds is 7. The maximum atomic E-state index is 12.1. The van der Waals surface area contributed by atoms with Crippen LogP contribution in [-0.4, -0.2) is 26.7 Å². The molecule has 2 aromatic rings. The third kappa shape index (κ3) is 5.11. The Labute approximate surface area is 164 Å². The van der Waals surface area contributed by atoms with E-state index in [2.05, 4.69) is 43.8 Å². The molecular formula is C18H19BrINO3.